The Balaban J connectivity index is 1.97. The summed E-state index contributed by atoms with van der Waals surface area (Å²) in [6.45, 7) is 2.22. The van der Waals surface area contributed by atoms with E-state index in [0.717, 1.165) is 17.0 Å². The van der Waals surface area contributed by atoms with E-state index in [9.17, 15) is 0 Å². The number of hydrogen-bond acceptors (Lipinski definition) is 1. The van der Waals surface area contributed by atoms with E-state index in [2.05, 4.69) is 60.6 Å². The molecule has 0 radical (unpaired) electrons. The minimum Gasteiger partial charge on any atom is -0.241 e. The van der Waals surface area contributed by atoms with Crippen molar-refractivity contribution in [1.82, 2.24) is 9.61 Å². The zero-order chi connectivity index (χ0) is 17.2. The van der Waals surface area contributed by atoms with Crippen molar-refractivity contribution < 1.29 is 0 Å². The quantitative estimate of drug-likeness (QED) is 0.564. The molecule has 0 saturated heterocycles. The largest absolute Gasteiger partial charge is 0.241 e. The van der Waals surface area contributed by atoms with Crippen molar-refractivity contribution >= 4 is 28.3 Å². The van der Waals surface area contributed by atoms with Crippen molar-refractivity contribution in [3.8, 4) is 0 Å². The van der Waals surface area contributed by atoms with Crippen molar-refractivity contribution in [1.29, 1.82) is 0 Å². The first-order valence-electron chi connectivity index (χ1n) is 8.55. The molecule has 1 aromatic carbocycles. The zero-order valence-electron chi connectivity index (χ0n) is 14.1. The van der Waals surface area contributed by atoms with E-state index in [1.807, 2.05) is 35.1 Å². The Hall–Kier alpha value is -2.58. The summed E-state index contributed by atoms with van der Waals surface area (Å²) in [5.74, 6) is 0.351. The molecule has 0 amide bonds. The van der Waals surface area contributed by atoms with Gasteiger partial charge >= 0.3 is 0 Å². The van der Waals surface area contributed by atoms with Gasteiger partial charge in [0.15, 0.2) is 0 Å². The molecule has 1 aliphatic carbocycles. The van der Waals surface area contributed by atoms with Gasteiger partial charge in [-0.3, -0.25) is 0 Å². The maximum absolute atomic E-state index is 6.28. The van der Waals surface area contributed by atoms with Gasteiger partial charge in [-0.25, -0.2) is 4.52 Å². The summed E-state index contributed by atoms with van der Waals surface area (Å²) < 4.78 is 1.89. The Morgan fingerprint density at radius 3 is 2.84 bits per heavy atom. The molecule has 2 heterocycles. The highest BCUT2D eigenvalue weighted by Crippen LogP contribution is 2.38. The number of nitrogens with zero attached hydrogens (tertiary/aromatic N) is 2. The van der Waals surface area contributed by atoms with Gasteiger partial charge in [-0.15, -0.1) is 0 Å². The molecule has 3 aromatic rings. The lowest BCUT2D eigenvalue weighted by atomic mass is 9.85. The lowest BCUT2D eigenvalue weighted by Crippen LogP contribution is -2.02. The highest BCUT2D eigenvalue weighted by molar-refractivity contribution is 6.30. The molecule has 1 atom stereocenters. The number of aromatic nitrogens is 2. The van der Waals surface area contributed by atoms with E-state index in [1.165, 1.54) is 22.3 Å². The van der Waals surface area contributed by atoms with E-state index in [0.29, 0.717) is 5.92 Å². The molecule has 0 saturated carbocycles. The van der Waals surface area contributed by atoms with Crippen LogP contribution >= 0.6 is 11.6 Å². The Morgan fingerprint density at radius 1 is 1.08 bits per heavy atom. The maximum Gasteiger partial charge on any atom is 0.0667 e. The van der Waals surface area contributed by atoms with E-state index < -0.39 is 0 Å². The smallest absolute Gasteiger partial charge is 0.0667 e. The molecule has 0 fully saturated rings. The summed E-state index contributed by atoms with van der Waals surface area (Å²) in [7, 11) is 0. The van der Waals surface area contributed by atoms with Crippen LogP contribution in [-0.2, 0) is 0 Å². The molecule has 0 aliphatic heterocycles. The van der Waals surface area contributed by atoms with Crippen LogP contribution in [0, 0.1) is 5.92 Å². The number of rotatable bonds is 3. The van der Waals surface area contributed by atoms with Crippen LogP contribution < -0.4 is 0 Å². The third kappa shape index (κ3) is 3.06. The Morgan fingerprint density at radius 2 is 2.00 bits per heavy atom. The molecule has 1 unspecified atom stereocenters. The topological polar surface area (TPSA) is 17.3 Å². The Bertz CT molecular complexity index is 1010. The predicted molar refractivity (Wildman–Crippen MR) is 106 cm³/mol. The summed E-state index contributed by atoms with van der Waals surface area (Å²) >= 11 is 6.28. The Kier molecular flexibility index (Phi) is 4.29. The van der Waals surface area contributed by atoms with Gasteiger partial charge in [0.05, 0.1) is 5.52 Å². The zero-order valence-corrected chi connectivity index (χ0v) is 14.8. The average molecular weight is 347 g/mol. The van der Waals surface area contributed by atoms with Gasteiger partial charge in [0.25, 0.3) is 0 Å². The van der Waals surface area contributed by atoms with Crippen LogP contribution in [0.15, 0.2) is 79.2 Å². The monoisotopic (exact) mass is 346 g/mol. The van der Waals surface area contributed by atoms with Crippen LogP contribution in [-0.4, -0.2) is 9.61 Å². The first-order valence-corrected chi connectivity index (χ1v) is 8.93. The Labute approximate surface area is 152 Å². The van der Waals surface area contributed by atoms with E-state index in [-0.39, 0.29) is 0 Å². The molecule has 1 aliphatic rings. The van der Waals surface area contributed by atoms with Crippen molar-refractivity contribution in [2.75, 3.05) is 0 Å². The van der Waals surface area contributed by atoms with Gasteiger partial charge in [-0.2, -0.15) is 5.10 Å². The first-order chi connectivity index (χ1) is 12.3. The molecule has 4 rings (SSSR count). The SMILES string of the molecule is CCC1C=CC=CC(c2ccn3nccc3c2)=C1c1cccc(Cl)c1. The van der Waals surface area contributed by atoms with E-state index in [1.54, 1.807) is 0 Å². The fourth-order valence-electron chi connectivity index (χ4n) is 3.44. The van der Waals surface area contributed by atoms with Crippen molar-refractivity contribution in [2.24, 2.45) is 5.92 Å². The van der Waals surface area contributed by atoms with Crippen LogP contribution in [0.5, 0.6) is 0 Å². The molecule has 25 heavy (non-hydrogen) atoms. The predicted octanol–water partition coefficient (Wildman–Crippen LogP) is 6.05. The van der Waals surface area contributed by atoms with E-state index in [4.69, 9.17) is 11.6 Å². The van der Waals surface area contributed by atoms with Gasteiger partial charge in [0, 0.05) is 23.3 Å². The number of halogens is 1. The van der Waals surface area contributed by atoms with Crippen LogP contribution in [0.1, 0.15) is 24.5 Å². The molecule has 124 valence electrons. The standard InChI is InChI=1S/C22H19ClN2/c1-2-16-6-3-4-9-21(22(16)18-7-5-8-19(23)14-18)17-11-13-25-20(15-17)10-12-24-25/h3-16H,2H2,1H3. The first kappa shape index (κ1) is 15.9. The number of fused-ring (bicyclic) bond motifs is 1. The maximum atomic E-state index is 6.28. The number of benzene rings is 1. The normalized spacial score (nSPS) is 17.3. The molecule has 3 heteroatoms. The minimum atomic E-state index is 0.351. The van der Waals surface area contributed by atoms with Crippen LogP contribution in [0.4, 0.5) is 0 Å². The summed E-state index contributed by atoms with van der Waals surface area (Å²) in [6.07, 6.45) is 13.6. The molecule has 0 bridgehead atoms. The van der Waals surface area contributed by atoms with E-state index >= 15 is 0 Å². The molecular formula is C22H19ClN2. The van der Waals surface area contributed by atoms with Crippen molar-refractivity contribution in [3.05, 3.63) is 95.3 Å². The van der Waals surface area contributed by atoms with Crippen molar-refractivity contribution in [3.63, 3.8) is 0 Å². The average Bonchev–Trinajstić information content (AvgIpc) is 2.99. The second-order valence-corrected chi connectivity index (χ2v) is 6.65. The highest BCUT2D eigenvalue weighted by Gasteiger charge is 2.18. The lowest BCUT2D eigenvalue weighted by molar-refractivity contribution is 0.795. The molecule has 2 nitrogen and oxygen atoms in total. The molecular weight excluding hydrogens is 328 g/mol. The van der Waals surface area contributed by atoms with Gasteiger partial charge in [-0.1, -0.05) is 55.0 Å². The van der Waals surface area contributed by atoms with Crippen LogP contribution in [0.3, 0.4) is 0 Å². The fourth-order valence-corrected chi connectivity index (χ4v) is 3.63. The minimum absolute atomic E-state index is 0.351. The van der Waals surface area contributed by atoms with Crippen LogP contribution in [0.2, 0.25) is 5.02 Å². The van der Waals surface area contributed by atoms with Crippen LogP contribution in [0.25, 0.3) is 16.7 Å². The van der Waals surface area contributed by atoms with Gasteiger partial charge in [0.2, 0.25) is 0 Å². The third-order valence-electron chi connectivity index (χ3n) is 4.66. The van der Waals surface area contributed by atoms with Gasteiger partial charge < -0.3 is 0 Å². The summed E-state index contributed by atoms with van der Waals surface area (Å²) in [6, 6.07) is 14.5. The summed E-state index contributed by atoms with van der Waals surface area (Å²) in [5.41, 5.74) is 6.02. The highest BCUT2D eigenvalue weighted by atomic mass is 35.5. The number of allylic oxidation sites excluding steroid dienone is 6. The number of hydrogen-bond donors (Lipinski definition) is 0. The lowest BCUT2D eigenvalue weighted by Gasteiger charge is -2.20. The molecule has 2 aromatic heterocycles. The third-order valence-corrected chi connectivity index (χ3v) is 4.90. The molecule has 0 N–H and O–H groups in total. The fraction of sp³-hybridized carbons (Fsp3) is 0.136. The second-order valence-electron chi connectivity index (χ2n) is 6.21. The van der Waals surface area contributed by atoms with Crippen molar-refractivity contribution in [2.45, 2.75) is 13.3 Å². The second kappa shape index (κ2) is 6.73. The van der Waals surface area contributed by atoms with Gasteiger partial charge in [-0.05, 0) is 59.0 Å². The summed E-state index contributed by atoms with van der Waals surface area (Å²) in [5, 5.41) is 5.06. The van der Waals surface area contributed by atoms with Gasteiger partial charge in [0.1, 0.15) is 0 Å². The number of pyridine rings is 1. The molecule has 0 spiro atoms. The summed E-state index contributed by atoms with van der Waals surface area (Å²) in [4.78, 5) is 0.